The van der Waals surface area contributed by atoms with Crippen molar-refractivity contribution in [1.29, 1.82) is 0 Å². The largest absolute Gasteiger partial charge is 0.463 e. The van der Waals surface area contributed by atoms with Gasteiger partial charge >= 0.3 is 17.9 Å². The van der Waals surface area contributed by atoms with Crippen LogP contribution in [0.3, 0.4) is 0 Å². The molecule has 1 saturated heterocycles. The van der Waals surface area contributed by atoms with Gasteiger partial charge in [-0.15, -0.1) is 6.58 Å². The highest BCUT2D eigenvalue weighted by molar-refractivity contribution is 5.67. The van der Waals surface area contributed by atoms with E-state index in [1.54, 1.807) is 19.9 Å². The van der Waals surface area contributed by atoms with Gasteiger partial charge in [0.25, 0.3) is 0 Å². The van der Waals surface area contributed by atoms with E-state index in [4.69, 9.17) is 28.4 Å². The summed E-state index contributed by atoms with van der Waals surface area (Å²) in [5.41, 5.74) is -0.538. The van der Waals surface area contributed by atoms with Crippen molar-refractivity contribution in [3.8, 4) is 0 Å². The molecule has 1 aromatic carbocycles. The molecular formula is C25H34O9. The van der Waals surface area contributed by atoms with Crippen molar-refractivity contribution in [2.24, 2.45) is 0 Å². The van der Waals surface area contributed by atoms with E-state index < -0.39 is 48.1 Å². The summed E-state index contributed by atoms with van der Waals surface area (Å²) in [7, 11) is 0. The summed E-state index contributed by atoms with van der Waals surface area (Å²) in [5, 5.41) is 0. The maximum absolute atomic E-state index is 12.1. The molecule has 0 aliphatic carbocycles. The van der Waals surface area contributed by atoms with Crippen molar-refractivity contribution in [3.63, 3.8) is 0 Å². The number of hydrogen-bond donors (Lipinski definition) is 0. The Morgan fingerprint density at radius 1 is 1.03 bits per heavy atom. The second-order valence-electron chi connectivity index (χ2n) is 8.37. The number of benzene rings is 1. The molecule has 0 aromatic heterocycles. The molecule has 1 heterocycles. The zero-order valence-corrected chi connectivity index (χ0v) is 20.4. The van der Waals surface area contributed by atoms with Gasteiger partial charge in [0, 0.05) is 27.2 Å². The van der Waals surface area contributed by atoms with Crippen molar-refractivity contribution in [2.75, 3.05) is 6.61 Å². The molecule has 0 radical (unpaired) electrons. The predicted molar refractivity (Wildman–Crippen MR) is 121 cm³/mol. The van der Waals surface area contributed by atoms with Crippen LogP contribution in [0.1, 0.15) is 46.6 Å². The Morgan fingerprint density at radius 3 is 2.21 bits per heavy atom. The van der Waals surface area contributed by atoms with Crippen molar-refractivity contribution < 1.29 is 42.8 Å². The SMILES string of the molecule is C=CC[C@]1(COC(C)=O)O[C@@H](OC(C)C)[C@H](OC(C)=O)[C@@H](OCc2ccccc2)[C@@H]1OC(C)=O. The third-order valence-electron chi connectivity index (χ3n) is 5.06. The van der Waals surface area contributed by atoms with Gasteiger partial charge in [-0.3, -0.25) is 14.4 Å². The standard InChI is InChI=1S/C25H34O9/c1-7-13-25(15-30-17(4)26)23(33-19(6)28)21(29-14-20-11-9-8-10-12-20)22(32-18(5)27)24(34-25)31-16(2)3/h7-12,16,21-24H,1,13-15H2,2-6H3/t21-,22-,23+,24-,25-/m1/s1. The predicted octanol–water partition coefficient (Wildman–Crippen LogP) is 3.09. The molecule has 0 N–H and O–H groups in total. The Morgan fingerprint density at radius 2 is 1.68 bits per heavy atom. The molecule has 9 nitrogen and oxygen atoms in total. The monoisotopic (exact) mass is 478 g/mol. The third kappa shape index (κ3) is 7.65. The lowest BCUT2D eigenvalue weighted by atomic mass is 9.84. The summed E-state index contributed by atoms with van der Waals surface area (Å²) in [6.45, 7) is 11.0. The lowest BCUT2D eigenvalue weighted by Gasteiger charge is -2.51. The van der Waals surface area contributed by atoms with Crippen LogP contribution in [0.2, 0.25) is 0 Å². The number of rotatable bonds is 11. The highest BCUT2D eigenvalue weighted by Gasteiger charge is 2.59. The van der Waals surface area contributed by atoms with E-state index in [1.807, 2.05) is 30.3 Å². The summed E-state index contributed by atoms with van der Waals surface area (Å²) in [6.07, 6.45) is -2.88. The summed E-state index contributed by atoms with van der Waals surface area (Å²) in [6, 6.07) is 9.35. The van der Waals surface area contributed by atoms with Crippen LogP contribution < -0.4 is 0 Å². The van der Waals surface area contributed by atoms with Crippen LogP contribution in [0.5, 0.6) is 0 Å². The Bertz CT molecular complexity index is 838. The maximum atomic E-state index is 12.1. The lowest BCUT2D eigenvalue weighted by molar-refractivity contribution is -0.351. The summed E-state index contributed by atoms with van der Waals surface area (Å²) in [4.78, 5) is 35.8. The number of carbonyl (C=O) groups excluding carboxylic acids is 3. The second kappa shape index (κ2) is 12.6. The fourth-order valence-electron chi connectivity index (χ4n) is 3.79. The maximum Gasteiger partial charge on any atom is 0.303 e. The van der Waals surface area contributed by atoms with Crippen LogP contribution in [0.4, 0.5) is 0 Å². The van der Waals surface area contributed by atoms with E-state index in [0.29, 0.717) is 0 Å². The minimum atomic E-state index is -1.39. The van der Waals surface area contributed by atoms with Crippen molar-refractivity contribution in [2.45, 2.75) is 84.0 Å². The first kappa shape index (κ1) is 27.5. The van der Waals surface area contributed by atoms with E-state index in [9.17, 15) is 14.4 Å². The molecule has 1 aromatic rings. The third-order valence-corrected chi connectivity index (χ3v) is 5.06. The van der Waals surface area contributed by atoms with Gasteiger partial charge in [0.15, 0.2) is 18.5 Å². The van der Waals surface area contributed by atoms with E-state index >= 15 is 0 Å². The quantitative estimate of drug-likeness (QED) is 0.269. The average Bonchev–Trinajstić information content (AvgIpc) is 2.75. The fraction of sp³-hybridized carbons (Fsp3) is 0.560. The highest BCUT2D eigenvalue weighted by atomic mass is 16.7. The molecule has 5 atom stereocenters. The van der Waals surface area contributed by atoms with Gasteiger partial charge < -0.3 is 28.4 Å². The van der Waals surface area contributed by atoms with Gasteiger partial charge in [-0.1, -0.05) is 36.4 Å². The molecule has 0 spiro atoms. The molecule has 0 bridgehead atoms. The van der Waals surface area contributed by atoms with Crippen molar-refractivity contribution >= 4 is 17.9 Å². The van der Waals surface area contributed by atoms with Gasteiger partial charge in [-0.2, -0.15) is 0 Å². The van der Waals surface area contributed by atoms with Gasteiger partial charge in [-0.25, -0.2) is 0 Å². The molecule has 34 heavy (non-hydrogen) atoms. The van der Waals surface area contributed by atoms with E-state index in [-0.39, 0.29) is 25.7 Å². The minimum absolute atomic E-state index is 0.132. The Hall–Kier alpha value is -2.75. The number of carbonyl (C=O) groups is 3. The molecule has 0 unspecified atom stereocenters. The fourth-order valence-corrected chi connectivity index (χ4v) is 3.79. The first-order valence-corrected chi connectivity index (χ1v) is 11.2. The highest BCUT2D eigenvalue weighted by Crippen LogP contribution is 2.39. The zero-order valence-electron chi connectivity index (χ0n) is 20.4. The van der Waals surface area contributed by atoms with E-state index in [0.717, 1.165) is 5.56 Å². The molecule has 0 amide bonds. The Labute approximate surface area is 200 Å². The molecule has 2 rings (SSSR count). The average molecular weight is 479 g/mol. The molecule has 1 fully saturated rings. The molecule has 9 heteroatoms. The Balaban J connectivity index is 2.57. The van der Waals surface area contributed by atoms with Gasteiger partial charge in [0.05, 0.1) is 12.7 Å². The molecule has 188 valence electrons. The van der Waals surface area contributed by atoms with Crippen LogP contribution in [0.15, 0.2) is 43.0 Å². The summed E-state index contributed by atoms with van der Waals surface area (Å²) >= 11 is 0. The molecule has 1 aliphatic rings. The van der Waals surface area contributed by atoms with E-state index in [1.165, 1.54) is 20.8 Å². The number of hydrogen-bond acceptors (Lipinski definition) is 9. The van der Waals surface area contributed by atoms with Crippen LogP contribution in [-0.2, 0) is 49.4 Å². The molecule has 0 saturated carbocycles. The van der Waals surface area contributed by atoms with Crippen LogP contribution in [0.25, 0.3) is 0 Å². The zero-order chi connectivity index (χ0) is 25.3. The molecular weight excluding hydrogens is 444 g/mol. The smallest absolute Gasteiger partial charge is 0.303 e. The molecule has 1 aliphatic heterocycles. The van der Waals surface area contributed by atoms with Gasteiger partial charge in [-0.05, 0) is 19.4 Å². The van der Waals surface area contributed by atoms with Crippen LogP contribution >= 0.6 is 0 Å². The lowest BCUT2D eigenvalue weighted by Crippen LogP contribution is -2.69. The summed E-state index contributed by atoms with van der Waals surface area (Å²) in [5.74, 6) is -1.74. The first-order chi connectivity index (χ1) is 16.1. The van der Waals surface area contributed by atoms with Crippen molar-refractivity contribution in [1.82, 2.24) is 0 Å². The first-order valence-electron chi connectivity index (χ1n) is 11.2. The van der Waals surface area contributed by atoms with Gasteiger partial charge in [0.1, 0.15) is 18.3 Å². The second-order valence-corrected chi connectivity index (χ2v) is 8.37. The Kier molecular flexibility index (Phi) is 10.2. The summed E-state index contributed by atoms with van der Waals surface area (Å²) < 4.78 is 35.0. The minimum Gasteiger partial charge on any atom is -0.463 e. The van der Waals surface area contributed by atoms with Crippen molar-refractivity contribution in [3.05, 3.63) is 48.6 Å². The van der Waals surface area contributed by atoms with E-state index in [2.05, 4.69) is 6.58 Å². The van der Waals surface area contributed by atoms with Crippen LogP contribution in [-0.4, -0.2) is 60.8 Å². The normalized spacial score (nSPS) is 26.5. The van der Waals surface area contributed by atoms with Crippen LogP contribution in [0, 0.1) is 0 Å². The van der Waals surface area contributed by atoms with Gasteiger partial charge in [0.2, 0.25) is 0 Å². The number of esters is 3. The number of ether oxygens (including phenoxy) is 6. The topological polar surface area (TPSA) is 107 Å².